The molecule has 0 aliphatic heterocycles. The first-order chi connectivity index (χ1) is 14.6. The summed E-state index contributed by atoms with van der Waals surface area (Å²) in [5.74, 6) is 1.26. The molecule has 0 aliphatic carbocycles. The van der Waals surface area contributed by atoms with E-state index in [1.165, 1.54) is 19.2 Å². The summed E-state index contributed by atoms with van der Waals surface area (Å²) in [5, 5.41) is 12.0. The third-order valence-corrected chi connectivity index (χ3v) is 4.73. The normalized spacial score (nSPS) is 11.1. The van der Waals surface area contributed by atoms with Crippen molar-refractivity contribution in [3.05, 3.63) is 99.7 Å². The first-order valence-electron chi connectivity index (χ1n) is 9.42. The number of rotatable bonds is 7. The van der Waals surface area contributed by atoms with Gasteiger partial charge in [0.15, 0.2) is 0 Å². The Morgan fingerprint density at radius 2 is 1.83 bits per heavy atom. The van der Waals surface area contributed by atoms with E-state index in [0.29, 0.717) is 12.4 Å². The maximum absolute atomic E-state index is 10.9. The Morgan fingerprint density at radius 3 is 2.60 bits per heavy atom. The summed E-state index contributed by atoms with van der Waals surface area (Å²) in [6.07, 6.45) is 3.77. The van der Waals surface area contributed by atoms with E-state index in [1.54, 1.807) is 6.07 Å². The van der Waals surface area contributed by atoms with Gasteiger partial charge in [0.05, 0.1) is 18.1 Å². The molecule has 0 spiro atoms. The van der Waals surface area contributed by atoms with Crippen molar-refractivity contribution in [1.82, 2.24) is 4.98 Å². The summed E-state index contributed by atoms with van der Waals surface area (Å²) >= 11 is 0. The zero-order valence-electron chi connectivity index (χ0n) is 16.4. The van der Waals surface area contributed by atoms with Gasteiger partial charge in [0.1, 0.15) is 18.1 Å². The molecule has 0 saturated carbocycles. The lowest BCUT2D eigenvalue weighted by Gasteiger charge is -2.06. The zero-order chi connectivity index (χ0) is 20.9. The van der Waals surface area contributed by atoms with Gasteiger partial charge in [0.2, 0.25) is 0 Å². The summed E-state index contributed by atoms with van der Waals surface area (Å²) in [4.78, 5) is 13.8. The molecule has 0 aliphatic rings. The molecule has 0 fully saturated rings. The molecule has 1 heterocycles. The fraction of sp³-hybridized carbons (Fsp3) is 0.0833. The minimum absolute atomic E-state index is 0.00218. The van der Waals surface area contributed by atoms with Crippen molar-refractivity contribution in [2.75, 3.05) is 7.11 Å². The average molecular weight is 400 g/mol. The number of H-pyrrole nitrogens is 1. The maximum atomic E-state index is 10.9. The van der Waals surface area contributed by atoms with Crippen LogP contribution in [0.3, 0.4) is 0 Å². The van der Waals surface area contributed by atoms with Crippen molar-refractivity contribution in [3.8, 4) is 11.5 Å². The summed E-state index contributed by atoms with van der Waals surface area (Å²) in [6, 6.07) is 22.5. The molecule has 0 bridgehead atoms. The lowest BCUT2D eigenvalue weighted by atomic mass is 10.1. The molecule has 0 saturated heterocycles. The zero-order valence-corrected chi connectivity index (χ0v) is 16.4. The Morgan fingerprint density at radius 1 is 1.00 bits per heavy atom. The summed E-state index contributed by atoms with van der Waals surface area (Å²) in [5.41, 5.74) is 3.78. The second kappa shape index (κ2) is 8.53. The van der Waals surface area contributed by atoms with Crippen LogP contribution >= 0.6 is 0 Å². The topological polar surface area (TPSA) is 77.4 Å². The molecule has 1 aromatic heterocycles. The molecule has 0 atom stereocenters. The Hall–Kier alpha value is -4.06. The van der Waals surface area contributed by atoms with Crippen LogP contribution in [0.15, 0.2) is 72.8 Å². The van der Waals surface area contributed by atoms with Crippen LogP contribution in [0.25, 0.3) is 23.1 Å². The maximum Gasteiger partial charge on any atom is 0.273 e. The number of aromatic nitrogens is 1. The molecule has 3 aromatic carbocycles. The Labute approximate surface area is 173 Å². The molecule has 0 radical (unpaired) electrons. The van der Waals surface area contributed by atoms with E-state index in [-0.39, 0.29) is 5.69 Å². The second-order valence-electron chi connectivity index (χ2n) is 6.76. The van der Waals surface area contributed by atoms with Gasteiger partial charge in [-0.3, -0.25) is 10.1 Å². The van der Waals surface area contributed by atoms with Crippen LogP contribution in [0.4, 0.5) is 5.69 Å². The molecule has 1 N–H and O–H groups in total. The van der Waals surface area contributed by atoms with Gasteiger partial charge in [0, 0.05) is 28.2 Å². The molecule has 4 rings (SSSR count). The third-order valence-electron chi connectivity index (χ3n) is 4.73. The number of benzene rings is 3. The Balaban J connectivity index is 1.52. The standard InChI is InChI=1S/C24H20N2O4/c1-29-24-15-21(26(27)28)10-8-18(24)7-9-20-13-19-14-22(11-12-23(19)25-20)30-16-17-5-3-2-4-6-17/h2-15,25H,16H2,1H3/b9-7+. The number of nitrogens with zero attached hydrogens (tertiary/aromatic N) is 1. The van der Waals surface area contributed by atoms with Gasteiger partial charge in [-0.25, -0.2) is 0 Å². The van der Waals surface area contributed by atoms with E-state index in [0.717, 1.165) is 33.5 Å². The van der Waals surface area contributed by atoms with Crippen molar-refractivity contribution < 1.29 is 14.4 Å². The highest BCUT2D eigenvalue weighted by atomic mass is 16.6. The van der Waals surface area contributed by atoms with Crippen LogP contribution in [-0.4, -0.2) is 17.0 Å². The van der Waals surface area contributed by atoms with E-state index in [9.17, 15) is 10.1 Å². The summed E-state index contributed by atoms with van der Waals surface area (Å²) < 4.78 is 11.2. The van der Waals surface area contributed by atoms with Gasteiger partial charge in [-0.05, 0) is 48.0 Å². The number of methoxy groups -OCH3 is 1. The molecular weight excluding hydrogens is 380 g/mol. The number of nitro groups is 1. The van der Waals surface area contributed by atoms with Crippen LogP contribution in [0, 0.1) is 10.1 Å². The highest BCUT2D eigenvalue weighted by molar-refractivity contribution is 5.86. The average Bonchev–Trinajstić information content (AvgIpc) is 3.19. The van der Waals surface area contributed by atoms with Gasteiger partial charge < -0.3 is 14.5 Å². The summed E-state index contributed by atoms with van der Waals surface area (Å²) in [6.45, 7) is 0.517. The van der Waals surface area contributed by atoms with E-state index in [4.69, 9.17) is 9.47 Å². The highest BCUT2D eigenvalue weighted by Crippen LogP contribution is 2.27. The number of hydrogen-bond acceptors (Lipinski definition) is 4. The second-order valence-corrected chi connectivity index (χ2v) is 6.76. The number of aromatic amines is 1. The monoisotopic (exact) mass is 400 g/mol. The minimum Gasteiger partial charge on any atom is -0.496 e. The van der Waals surface area contributed by atoms with Gasteiger partial charge in [-0.1, -0.05) is 30.3 Å². The first-order valence-corrected chi connectivity index (χ1v) is 9.42. The minimum atomic E-state index is -0.439. The molecule has 30 heavy (non-hydrogen) atoms. The van der Waals surface area contributed by atoms with Crippen molar-refractivity contribution >= 4 is 28.7 Å². The third kappa shape index (κ3) is 4.33. The number of ether oxygens (including phenoxy) is 2. The smallest absolute Gasteiger partial charge is 0.273 e. The van der Waals surface area contributed by atoms with Crippen LogP contribution in [0.2, 0.25) is 0 Å². The van der Waals surface area contributed by atoms with Crippen LogP contribution < -0.4 is 9.47 Å². The molecule has 150 valence electrons. The number of fused-ring (bicyclic) bond motifs is 1. The van der Waals surface area contributed by atoms with Crippen molar-refractivity contribution in [3.63, 3.8) is 0 Å². The number of hydrogen-bond donors (Lipinski definition) is 1. The SMILES string of the molecule is COc1cc([N+](=O)[O-])ccc1/C=C/c1cc2cc(OCc3ccccc3)ccc2[nH]1. The lowest BCUT2D eigenvalue weighted by molar-refractivity contribution is -0.384. The highest BCUT2D eigenvalue weighted by Gasteiger charge is 2.10. The molecule has 4 aromatic rings. The Bertz CT molecular complexity index is 1210. The van der Waals surface area contributed by atoms with E-state index < -0.39 is 4.92 Å². The quantitative estimate of drug-likeness (QED) is 0.312. The predicted molar refractivity (Wildman–Crippen MR) is 118 cm³/mol. The fourth-order valence-electron chi connectivity index (χ4n) is 3.18. The van der Waals surface area contributed by atoms with Gasteiger partial charge in [-0.2, -0.15) is 0 Å². The first kappa shape index (κ1) is 19.3. The fourth-order valence-corrected chi connectivity index (χ4v) is 3.18. The van der Waals surface area contributed by atoms with Gasteiger partial charge in [-0.15, -0.1) is 0 Å². The van der Waals surface area contributed by atoms with Crippen molar-refractivity contribution in [2.45, 2.75) is 6.61 Å². The molecule has 6 nitrogen and oxygen atoms in total. The van der Waals surface area contributed by atoms with Crippen LogP contribution in [0.1, 0.15) is 16.8 Å². The predicted octanol–water partition coefficient (Wildman–Crippen LogP) is 5.83. The van der Waals surface area contributed by atoms with Crippen LogP contribution in [0.5, 0.6) is 11.5 Å². The van der Waals surface area contributed by atoms with Gasteiger partial charge >= 0.3 is 0 Å². The largest absolute Gasteiger partial charge is 0.496 e. The van der Waals surface area contributed by atoms with E-state index in [1.807, 2.05) is 66.7 Å². The van der Waals surface area contributed by atoms with Crippen molar-refractivity contribution in [1.29, 1.82) is 0 Å². The number of non-ortho nitro benzene ring substituents is 1. The molecule has 6 heteroatoms. The Kier molecular flexibility index (Phi) is 5.48. The molecular formula is C24H20N2O4. The number of nitro benzene ring substituents is 1. The molecule has 0 unspecified atom stereocenters. The number of nitrogens with one attached hydrogen (secondary N) is 1. The van der Waals surface area contributed by atoms with Gasteiger partial charge in [0.25, 0.3) is 5.69 Å². The van der Waals surface area contributed by atoms with Crippen LogP contribution in [-0.2, 0) is 6.61 Å². The van der Waals surface area contributed by atoms with E-state index >= 15 is 0 Å². The lowest BCUT2D eigenvalue weighted by Crippen LogP contribution is -1.94. The van der Waals surface area contributed by atoms with Crippen molar-refractivity contribution in [2.24, 2.45) is 0 Å². The molecule has 0 amide bonds. The summed E-state index contributed by atoms with van der Waals surface area (Å²) in [7, 11) is 1.50. The van der Waals surface area contributed by atoms with E-state index in [2.05, 4.69) is 4.98 Å².